The van der Waals surface area contributed by atoms with E-state index in [0.29, 0.717) is 6.04 Å². The summed E-state index contributed by atoms with van der Waals surface area (Å²) in [6.07, 6.45) is 0. The fourth-order valence-corrected chi connectivity index (χ4v) is 18.6. The highest BCUT2D eigenvalue weighted by atomic mass is 29.3. The largest absolute Gasteiger partial charge is 0.422 e. The van der Waals surface area contributed by atoms with Crippen LogP contribution in [0, 0.1) is 0 Å². The topological polar surface area (TPSA) is 12.5 Å². The molecule has 91 valence electrons. The second kappa shape index (κ2) is 5.27. The van der Waals surface area contributed by atoms with Gasteiger partial charge in [-0.1, -0.05) is 40.0 Å². The van der Waals surface area contributed by atoms with Crippen LogP contribution in [0.2, 0.25) is 39.3 Å². The van der Waals surface area contributed by atoms with Crippen LogP contribution in [0.4, 0.5) is 0 Å². The maximum atomic E-state index is 5.86. The molecule has 0 heterocycles. The zero-order valence-electron chi connectivity index (χ0n) is 11.9. The first-order chi connectivity index (χ1) is 6.58. The fraction of sp³-hybridized carbons (Fsp3) is 1.00. The third kappa shape index (κ3) is 3.26. The van der Waals surface area contributed by atoms with Gasteiger partial charge in [0.1, 0.15) is 16.7 Å². The van der Waals surface area contributed by atoms with Crippen LogP contribution in [-0.2, 0) is 4.43 Å². The highest BCUT2D eigenvalue weighted by Crippen LogP contribution is 2.26. The first-order valence-electron chi connectivity index (χ1n) is 5.72. The van der Waals surface area contributed by atoms with Crippen molar-refractivity contribution in [3.8, 4) is 0 Å². The van der Waals surface area contributed by atoms with E-state index in [9.17, 15) is 0 Å². The second-order valence-corrected chi connectivity index (χ2v) is 22.8. The highest BCUT2D eigenvalue weighted by Gasteiger charge is 2.48. The summed E-state index contributed by atoms with van der Waals surface area (Å²) in [5, 5.41) is 0. The van der Waals surface area contributed by atoms with Gasteiger partial charge in [0.2, 0.25) is 0 Å². The molecule has 0 aliphatic heterocycles. The molecule has 0 atom stereocenters. The van der Waals surface area contributed by atoms with Gasteiger partial charge in [-0.2, -0.15) is 0 Å². The molecule has 0 aliphatic rings. The zero-order chi connectivity index (χ0) is 12.4. The predicted molar refractivity (Wildman–Crippen MR) is 76.4 cm³/mol. The number of nitrogens with zero attached hydrogens (tertiary/aromatic N) is 1. The van der Waals surface area contributed by atoms with E-state index in [-0.39, 0.29) is 8.96 Å². The molecule has 1 radical (unpaired) electrons. The smallest absolute Gasteiger partial charge is 0.190 e. The molecule has 0 bridgehead atoms. The van der Waals surface area contributed by atoms with Crippen LogP contribution in [0.5, 0.6) is 0 Å². The Balaban J connectivity index is 5.12. The van der Waals surface area contributed by atoms with Crippen LogP contribution in [0.1, 0.15) is 13.8 Å². The lowest BCUT2D eigenvalue weighted by molar-refractivity contribution is 0.411. The van der Waals surface area contributed by atoms with Crippen LogP contribution >= 0.6 is 0 Å². The van der Waals surface area contributed by atoms with E-state index < -0.39 is 15.6 Å². The van der Waals surface area contributed by atoms with Crippen LogP contribution in [-0.4, -0.2) is 41.9 Å². The second-order valence-electron chi connectivity index (χ2n) is 5.68. The number of hydrogen-bond donors (Lipinski definition) is 0. The molecule has 0 aromatic rings. The Morgan fingerprint density at radius 3 is 1.67 bits per heavy atom. The normalized spacial score (nSPS) is 14.4. The van der Waals surface area contributed by atoms with E-state index in [1.54, 1.807) is 0 Å². The SMILES string of the molecule is CO[Si](C)(C)[Si](C)(C)N(C(C)C)[Si](C)C. The summed E-state index contributed by atoms with van der Waals surface area (Å²) in [6, 6.07) is 0.664. The van der Waals surface area contributed by atoms with Crippen molar-refractivity contribution in [2.24, 2.45) is 0 Å². The van der Waals surface area contributed by atoms with Crippen LogP contribution in [0.25, 0.3) is 0 Å². The van der Waals surface area contributed by atoms with Crippen molar-refractivity contribution in [1.29, 1.82) is 0 Å². The lowest BCUT2D eigenvalue weighted by Gasteiger charge is -2.49. The molecular weight excluding hydrogens is 234 g/mol. The molecule has 0 aromatic carbocycles. The van der Waals surface area contributed by atoms with E-state index in [4.69, 9.17) is 4.43 Å². The van der Waals surface area contributed by atoms with E-state index in [1.165, 1.54) is 0 Å². The molecule has 0 saturated carbocycles. The van der Waals surface area contributed by atoms with Gasteiger partial charge >= 0.3 is 0 Å². The lowest BCUT2D eigenvalue weighted by atomic mass is 10.4. The Kier molecular flexibility index (Phi) is 5.47. The molecule has 2 nitrogen and oxygen atoms in total. The van der Waals surface area contributed by atoms with Crippen molar-refractivity contribution in [3.63, 3.8) is 0 Å². The van der Waals surface area contributed by atoms with Gasteiger partial charge in [-0.05, 0) is 19.1 Å². The van der Waals surface area contributed by atoms with Crippen molar-refractivity contribution >= 4 is 24.5 Å². The first kappa shape index (κ1) is 15.6. The molecule has 0 fully saturated rings. The fourth-order valence-electron chi connectivity index (χ4n) is 2.26. The maximum absolute atomic E-state index is 5.86. The van der Waals surface area contributed by atoms with Crippen molar-refractivity contribution in [3.05, 3.63) is 0 Å². The minimum absolute atomic E-state index is 0.372. The molecule has 0 N–H and O–H groups in total. The Morgan fingerprint density at radius 1 is 1.07 bits per heavy atom. The van der Waals surface area contributed by atoms with Gasteiger partial charge in [0.05, 0.1) is 0 Å². The molecule has 0 unspecified atom stereocenters. The van der Waals surface area contributed by atoms with Gasteiger partial charge in [0.15, 0.2) is 7.83 Å². The molecule has 0 rings (SSSR count). The molecule has 0 aliphatic carbocycles. The van der Waals surface area contributed by atoms with E-state index in [1.807, 2.05) is 7.11 Å². The summed E-state index contributed by atoms with van der Waals surface area (Å²) in [7, 11) is -1.37. The summed E-state index contributed by atoms with van der Waals surface area (Å²) in [4.78, 5) is 0. The van der Waals surface area contributed by atoms with Crippen LogP contribution in [0.3, 0.4) is 0 Å². The predicted octanol–water partition coefficient (Wildman–Crippen LogP) is 3.08. The Bertz CT molecular complexity index is 197. The van der Waals surface area contributed by atoms with Gasteiger partial charge in [-0.25, -0.2) is 0 Å². The molecule has 5 heteroatoms. The molecular formula is C10H28NOSi3. The van der Waals surface area contributed by atoms with Crippen LogP contribution in [0.15, 0.2) is 0 Å². The number of rotatable bonds is 5. The zero-order valence-corrected chi connectivity index (χ0v) is 14.9. The summed E-state index contributed by atoms with van der Waals surface area (Å²) in [5.41, 5.74) is 0. The Hall–Kier alpha value is 0.571. The van der Waals surface area contributed by atoms with Gasteiger partial charge in [0, 0.05) is 7.11 Å². The highest BCUT2D eigenvalue weighted by molar-refractivity contribution is 7.38. The van der Waals surface area contributed by atoms with Crippen molar-refractivity contribution in [2.75, 3.05) is 7.11 Å². The molecule has 15 heavy (non-hydrogen) atoms. The molecule has 0 amide bonds. The first-order valence-corrected chi connectivity index (χ1v) is 15.0. The maximum Gasteiger partial charge on any atom is 0.190 e. The number of hydrogen-bond acceptors (Lipinski definition) is 2. The summed E-state index contributed by atoms with van der Waals surface area (Å²) >= 11 is 0. The summed E-state index contributed by atoms with van der Waals surface area (Å²) in [6.45, 7) is 19.2. The molecule has 0 aromatic heterocycles. The van der Waals surface area contributed by atoms with Gasteiger partial charge < -0.3 is 8.66 Å². The quantitative estimate of drug-likeness (QED) is 0.706. The minimum Gasteiger partial charge on any atom is -0.422 e. The summed E-state index contributed by atoms with van der Waals surface area (Å²) in [5.74, 6) is 0. The molecule has 0 saturated heterocycles. The van der Waals surface area contributed by atoms with E-state index in [0.717, 1.165) is 0 Å². The Morgan fingerprint density at radius 2 is 1.47 bits per heavy atom. The third-order valence-electron chi connectivity index (χ3n) is 3.58. The summed E-state index contributed by atoms with van der Waals surface area (Å²) < 4.78 is 8.67. The van der Waals surface area contributed by atoms with Crippen molar-refractivity contribution in [2.45, 2.75) is 59.2 Å². The van der Waals surface area contributed by atoms with Gasteiger partial charge in [0.25, 0.3) is 0 Å². The van der Waals surface area contributed by atoms with Crippen LogP contribution < -0.4 is 0 Å². The lowest BCUT2D eigenvalue weighted by Crippen LogP contribution is -2.71. The Labute approximate surface area is 99.7 Å². The third-order valence-corrected chi connectivity index (χ3v) is 24.6. The standard InChI is InChI=1S/C10H28NOSi3/c1-10(2)11(13(4)5)14(6,7)15(8,9)12-3/h10H,1-9H3. The van der Waals surface area contributed by atoms with Gasteiger partial charge in [-0.3, -0.25) is 0 Å². The van der Waals surface area contributed by atoms with E-state index >= 15 is 0 Å². The average molecular weight is 263 g/mol. The van der Waals surface area contributed by atoms with Crippen molar-refractivity contribution in [1.82, 2.24) is 4.23 Å². The average Bonchev–Trinajstić information content (AvgIpc) is 2.01. The van der Waals surface area contributed by atoms with Gasteiger partial charge in [-0.15, -0.1) is 0 Å². The molecule has 0 spiro atoms. The van der Waals surface area contributed by atoms with E-state index in [2.05, 4.69) is 57.4 Å². The minimum atomic E-state index is -1.50. The monoisotopic (exact) mass is 262 g/mol. The van der Waals surface area contributed by atoms with Crippen molar-refractivity contribution < 1.29 is 4.43 Å².